The highest BCUT2D eigenvalue weighted by molar-refractivity contribution is 7.15. The quantitative estimate of drug-likeness (QED) is 0.714. The first-order valence-corrected chi connectivity index (χ1v) is 8.98. The molecule has 0 bridgehead atoms. The van der Waals surface area contributed by atoms with Crippen molar-refractivity contribution in [2.75, 3.05) is 25.2 Å². The molecule has 4 rings (SSSR count). The van der Waals surface area contributed by atoms with Gasteiger partial charge in [0.2, 0.25) is 0 Å². The van der Waals surface area contributed by atoms with Gasteiger partial charge in [-0.05, 0) is 42.8 Å². The maximum atomic E-state index is 6.01. The zero-order valence-electron chi connectivity index (χ0n) is 14.2. The number of hydrogen-bond acceptors (Lipinski definition) is 6. The molecular weight excluding hydrogens is 334 g/mol. The summed E-state index contributed by atoms with van der Waals surface area (Å²) >= 11 is 1.78. The monoisotopic (exact) mass is 353 g/mol. The number of thiophene rings is 1. The maximum Gasteiger partial charge on any atom is 0.166 e. The van der Waals surface area contributed by atoms with Gasteiger partial charge in [0, 0.05) is 28.1 Å². The van der Waals surface area contributed by atoms with Crippen molar-refractivity contribution in [1.82, 2.24) is 9.97 Å². The number of hydrogen-bond donors (Lipinski definition) is 0. The van der Waals surface area contributed by atoms with Crippen molar-refractivity contribution in [2.24, 2.45) is 0 Å². The minimum atomic E-state index is 0.588. The molecule has 0 radical (unpaired) electrons. The van der Waals surface area contributed by atoms with Crippen molar-refractivity contribution in [3.05, 3.63) is 53.3 Å². The van der Waals surface area contributed by atoms with E-state index >= 15 is 0 Å². The number of ether oxygens (including phenoxy) is 2. The van der Waals surface area contributed by atoms with Crippen LogP contribution in [0.5, 0.6) is 11.5 Å². The molecule has 6 heteroatoms. The van der Waals surface area contributed by atoms with E-state index < -0.39 is 0 Å². The molecule has 0 aliphatic carbocycles. The molecule has 3 heterocycles. The number of aromatic nitrogens is 2. The Labute approximate surface area is 150 Å². The van der Waals surface area contributed by atoms with Gasteiger partial charge in [-0.3, -0.25) is 0 Å². The first kappa shape index (κ1) is 15.9. The van der Waals surface area contributed by atoms with Gasteiger partial charge < -0.3 is 14.4 Å². The smallest absolute Gasteiger partial charge is 0.166 e. The molecule has 0 fully saturated rings. The Morgan fingerprint density at radius 2 is 2.16 bits per heavy atom. The van der Waals surface area contributed by atoms with Gasteiger partial charge in [-0.25, -0.2) is 9.97 Å². The van der Waals surface area contributed by atoms with Crippen LogP contribution in [0.3, 0.4) is 0 Å². The van der Waals surface area contributed by atoms with Crippen LogP contribution in [-0.4, -0.2) is 30.2 Å². The second kappa shape index (κ2) is 6.72. The van der Waals surface area contributed by atoms with Crippen LogP contribution < -0.4 is 14.4 Å². The Morgan fingerprint density at radius 1 is 1.24 bits per heavy atom. The fraction of sp³-hybridized carbons (Fsp3) is 0.263. The number of benzene rings is 1. The zero-order valence-corrected chi connectivity index (χ0v) is 15.0. The molecule has 0 atom stereocenters. The average Bonchev–Trinajstić information content (AvgIpc) is 2.96. The predicted octanol–water partition coefficient (Wildman–Crippen LogP) is 3.92. The Bertz CT molecular complexity index is 880. The molecule has 0 saturated carbocycles. The van der Waals surface area contributed by atoms with Gasteiger partial charge in [0.05, 0.1) is 13.7 Å². The van der Waals surface area contributed by atoms with Gasteiger partial charge in [0.25, 0.3) is 0 Å². The predicted molar refractivity (Wildman–Crippen MR) is 99.6 cm³/mol. The van der Waals surface area contributed by atoms with Gasteiger partial charge in [0.1, 0.15) is 18.8 Å². The highest BCUT2D eigenvalue weighted by atomic mass is 32.1. The molecule has 3 aromatic rings. The van der Waals surface area contributed by atoms with Gasteiger partial charge >= 0.3 is 0 Å². The first-order valence-electron chi connectivity index (χ1n) is 8.16. The standard InChI is InChI=1S/C19H19N3O2S/c1-13-3-4-17(25-13)14-9-15-11-22(18-5-6-20-12-21-18)7-8-24-19(15)16(10-14)23-2/h3-6,9-10,12H,7-8,11H2,1-2H3. The van der Waals surface area contributed by atoms with Gasteiger partial charge in [-0.2, -0.15) is 0 Å². The Kier molecular flexibility index (Phi) is 4.28. The van der Waals surface area contributed by atoms with E-state index in [0.29, 0.717) is 6.61 Å². The normalized spacial score (nSPS) is 13.8. The van der Waals surface area contributed by atoms with Crippen LogP contribution >= 0.6 is 11.3 Å². The molecule has 0 unspecified atom stereocenters. The van der Waals surface area contributed by atoms with E-state index in [4.69, 9.17) is 9.47 Å². The summed E-state index contributed by atoms with van der Waals surface area (Å²) in [5.41, 5.74) is 2.26. The zero-order chi connectivity index (χ0) is 17.2. The second-order valence-electron chi connectivity index (χ2n) is 5.91. The summed E-state index contributed by atoms with van der Waals surface area (Å²) in [5.74, 6) is 2.52. The molecule has 0 spiro atoms. The lowest BCUT2D eigenvalue weighted by Crippen LogP contribution is -2.26. The third kappa shape index (κ3) is 3.17. The fourth-order valence-electron chi connectivity index (χ4n) is 3.03. The lowest BCUT2D eigenvalue weighted by atomic mass is 10.1. The third-order valence-corrected chi connectivity index (χ3v) is 5.29. The van der Waals surface area contributed by atoms with E-state index in [2.05, 4.69) is 46.1 Å². The molecule has 128 valence electrons. The van der Waals surface area contributed by atoms with Crippen LogP contribution in [0.1, 0.15) is 10.4 Å². The van der Waals surface area contributed by atoms with E-state index in [0.717, 1.165) is 41.5 Å². The van der Waals surface area contributed by atoms with Gasteiger partial charge in [-0.15, -0.1) is 11.3 Å². The topological polar surface area (TPSA) is 47.5 Å². The lowest BCUT2D eigenvalue weighted by Gasteiger charge is -2.20. The first-order chi connectivity index (χ1) is 12.2. The number of fused-ring (bicyclic) bond motifs is 1. The Hall–Kier alpha value is -2.60. The number of nitrogens with zero attached hydrogens (tertiary/aromatic N) is 3. The summed E-state index contributed by atoms with van der Waals surface area (Å²) in [4.78, 5) is 13.1. The minimum Gasteiger partial charge on any atom is -0.493 e. The average molecular weight is 353 g/mol. The molecule has 2 aromatic heterocycles. The minimum absolute atomic E-state index is 0.588. The van der Waals surface area contributed by atoms with E-state index in [1.807, 2.05) is 6.07 Å². The Balaban J connectivity index is 1.76. The highest BCUT2D eigenvalue weighted by Gasteiger charge is 2.21. The largest absolute Gasteiger partial charge is 0.493 e. The van der Waals surface area contributed by atoms with E-state index in [1.165, 1.54) is 9.75 Å². The third-order valence-electron chi connectivity index (χ3n) is 4.24. The molecule has 0 saturated heterocycles. The van der Waals surface area contributed by atoms with Crippen molar-refractivity contribution < 1.29 is 9.47 Å². The van der Waals surface area contributed by atoms with E-state index in [9.17, 15) is 0 Å². The van der Waals surface area contributed by atoms with Crippen LogP contribution in [0, 0.1) is 6.92 Å². The molecular formula is C19H19N3O2S. The molecule has 25 heavy (non-hydrogen) atoms. The van der Waals surface area contributed by atoms with Crippen molar-refractivity contribution in [3.8, 4) is 21.9 Å². The highest BCUT2D eigenvalue weighted by Crippen LogP contribution is 2.40. The SMILES string of the molecule is COc1cc(-c2ccc(C)s2)cc2c1OCCN(c1ccncn1)C2. The van der Waals surface area contributed by atoms with Crippen LogP contribution in [0.25, 0.3) is 10.4 Å². The molecule has 0 N–H and O–H groups in total. The number of anilines is 1. The molecule has 0 amide bonds. The van der Waals surface area contributed by atoms with Crippen LogP contribution in [0.4, 0.5) is 5.82 Å². The molecule has 1 aliphatic rings. The summed E-state index contributed by atoms with van der Waals surface area (Å²) in [6, 6.07) is 10.5. The van der Waals surface area contributed by atoms with Crippen molar-refractivity contribution in [2.45, 2.75) is 13.5 Å². The van der Waals surface area contributed by atoms with E-state index in [1.54, 1.807) is 31.0 Å². The van der Waals surface area contributed by atoms with Gasteiger partial charge in [-0.1, -0.05) is 0 Å². The number of methoxy groups -OCH3 is 1. The number of rotatable bonds is 3. The van der Waals surface area contributed by atoms with Crippen LogP contribution in [0.2, 0.25) is 0 Å². The summed E-state index contributed by atoms with van der Waals surface area (Å²) in [6.07, 6.45) is 3.34. The van der Waals surface area contributed by atoms with Crippen LogP contribution in [-0.2, 0) is 6.54 Å². The summed E-state index contributed by atoms with van der Waals surface area (Å²) < 4.78 is 11.6. The molecule has 5 nitrogen and oxygen atoms in total. The number of aryl methyl sites for hydroxylation is 1. The van der Waals surface area contributed by atoms with E-state index in [-0.39, 0.29) is 0 Å². The van der Waals surface area contributed by atoms with Crippen molar-refractivity contribution >= 4 is 17.2 Å². The Morgan fingerprint density at radius 3 is 2.88 bits per heavy atom. The van der Waals surface area contributed by atoms with Crippen LogP contribution in [0.15, 0.2) is 42.9 Å². The fourth-order valence-corrected chi connectivity index (χ4v) is 3.89. The van der Waals surface area contributed by atoms with Gasteiger partial charge in [0.15, 0.2) is 11.5 Å². The van der Waals surface area contributed by atoms with Crippen molar-refractivity contribution in [1.29, 1.82) is 0 Å². The summed E-state index contributed by atoms with van der Waals surface area (Å²) in [5, 5.41) is 0. The summed E-state index contributed by atoms with van der Waals surface area (Å²) in [6.45, 7) is 4.20. The lowest BCUT2D eigenvalue weighted by molar-refractivity contribution is 0.305. The second-order valence-corrected chi connectivity index (χ2v) is 7.20. The van der Waals surface area contributed by atoms with Crippen molar-refractivity contribution in [3.63, 3.8) is 0 Å². The summed E-state index contributed by atoms with van der Waals surface area (Å²) in [7, 11) is 1.69. The molecule has 1 aliphatic heterocycles. The molecule has 1 aromatic carbocycles. The maximum absolute atomic E-state index is 6.01.